The lowest BCUT2D eigenvalue weighted by molar-refractivity contribution is 0.262. The van der Waals surface area contributed by atoms with Crippen molar-refractivity contribution >= 4 is 53.2 Å². The molecule has 3 nitrogen and oxygen atoms in total. The number of nitrogens with one attached hydrogen (secondary N) is 2. The van der Waals surface area contributed by atoms with Gasteiger partial charge >= 0.3 is 6.03 Å². The molecule has 98 valence electrons. The molecule has 0 aromatic heterocycles. The summed E-state index contributed by atoms with van der Waals surface area (Å²) < 4.78 is 0. The Kier molecular flexibility index (Phi) is 4.58. The molecule has 2 amide bonds. The zero-order chi connectivity index (χ0) is 13.8. The Morgan fingerprint density at radius 1 is 1.00 bits per heavy atom. The van der Waals surface area contributed by atoms with E-state index in [-0.39, 0.29) is 6.03 Å². The third-order valence-corrected chi connectivity index (χ3v) is 3.46. The van der Waals surface area contributed by atoms with Crippen LogP contribution in [0.1, 0.15) is 0 Å². The third kappa shape index (κ3) is 3.80. The van der Waals surface area contributed by atoms with Crippen molar-refractivity contribution in [3.63, 3.8) is 0 Å². The van der Waals surface area contributed by atoms with E-state index < -0.39 is 0 Å². The molecule has 0 heterocycles. The predicted octanol–water partition coefficient (Wildman–Crippen LogP) is 4.93. The Bertz CT molecular complexity index is 619. The summed E-state index contributed by atoms with van der Waals surface area (Å²) in [7, 11) is 0. The minimum absolute atomic E-state index is 0.375. The number of anilines is 2. The van der Waals surface area contributed by atoms with Gasteiger partial charge in [-0.05, 0) is 30.3 Å². The molecule has 0 saturated heterocycles. The molecular weight excluding hydrogens is 303 g/mol. The van der Waals surface area contributed by atoms with Gasteiger partial charge < -0.3 is 10.6 Å². The molecule has 0 saturated carbocycles. The minimum atomic E-state index is -0.375. The number of para-hydroxylation sites is 1. The number of urea groups is 1. The molecule has 0 spiro atoms. The zero-order valence-corrected chi connectivity index (χ0v) is 12.1. The number of halogens is 2. The van der Waals surface area contributed by atoms with E-state index in [0.717, 1.165) is 0 Å². The summed E-state index contributed by atoms with van der Waals surface area (Å²) in [5.74, 6) is 0. The van der Waals surface area contributed by atoms with Crippen LogP contribution in [0.4, 0.5) is 16.2 Å². The Balaban J connectivity index is 2.05. The Labute approximate surface area is 126 Å². The summed E-state index contributed by atoms with van der Waals surface area (Å²) in [6, 6.07) is 11.7. The van der Waals surface area contributed by atoms with Gasteiger partial charge in [-0.25, -0.2) is 4.79 Å². The van der Waals surface area contributed by atoms with E-state index in [2.05, 4.69) is 23.3 Å². The van der Waals surface area contributed by atoms with E-state index in [1.54, 1.807) is 30.3 Å². The summed E-state index contributed by atoms with van der Waals surface area (Å²) in [4.78, 5) is 12.5. The van der Waals surface area contributed by atoms with Crippen LogP contribution >= 0.6 is 35.8 Å². The molecule has 0 aliphatic heterocycles. The van der Waals surface area contributed by atoms with Crippen molar-refractivity contribution in [2.75, 3.05) is 10.6 Å². The van der Waals surface area contributed by atoms with Crippen molar-refractivity contribution in [2.45, 2.75) is 4.90 Å². The summed E-state index contributed by atoms with van der Waals surface area (Å²) in [6.07, 6.45) is 0. The van der Waals surface area contributed by atoms with Gasteiger partial charge in [0.1, 0.15) is 0 Å². The van der Waals surface area contributed by atoms with Gasteiger partial charge in [0.15, 0.2) is 0 Å². The first kappa shape index (κ1) is 14.1. The van der Waals surface area contributed by atoms with Crippen LogP contribution in [0.15, 0.2) is 47.4 Å². The van der Waals surface area contributed by atoms with Gasteiger partial charge in [-0.3, -0.25) is 0 Å². The van der Waals surface area contributed by atoms with Crippen LogP contribution in [0, 0.1) is 0 Å². The van der Waals surface area contributed by atoms with Crippen LogP contribution < -0.4 is 10.6 Å². The van der Waals surface area contributed by atoms with Gasteiger partial charge in [-0.1, -0.05) is 35.3 Å². The summed E-state index contributed by atoms with van der Waals surface area (Å²) in [5, 5.41) is 6.17. The minimum Gasteiger partial charge on any atom is -0.308 e. The molecule has 2 N–H and O–H groups in total. The molecular formula is C13H10Cl2N2OS. The molecule has 19 heavy (non-hydrogen) atoms. The van der Waals surface area contributed by atoms with E-state index in [1.807, 2.05) is 12.1 Å². The average molecular weight is 313 g/mol. The summed E-state index contributed by atoms with van der Waals surface area (Å²) in [6.45, 7) is 0. The molecule has 2 rings (SSSR count). The topological polar surface area (TPSA) is 41.1 Å². The molecule has 0 fully saturated rings. The van der Waals surface area contributed by atoms with Crippen molar-refractivity contribution in [3.05, 3.63) is 52.5 Å². The number of carbonyl (C=O) groups excluding carboxylic acids is 1. The molecule has 2 aromatic carbocycles. The van der Waals surface area contributed by atoms with E-state index in [9.17, 15) is 4.79 Å². The number of rotatable bonds is 2. The van der Waals surface area contributed by atoms with Gasteiger partial charge in [-0.15, -0.1) is 12.6 Å². The molecule has 0 bridgehead atoms. The molecule has 6 heteroatoms. The number of hydrogen-bond donors (Lipinski definition) is 3. The van der Waals surface area contributed by atoms with Crippen LogP contribution in [-0.2, 0) is 0 Å². The number of thiol groups is 1. The second-order valence-corrected chi connectivity index (χ2v) is 5.02. The van der Waals surface area contributed by atoms with Crippen molar-refractivity contribution in [1.82, 2.24) is 0 Å². The number of benzene rings is 2. The maximum atomic E-state index is 11.8. The van der Waals surface area contributed by atoms with Crippen LogP contribution in [0.25, 0.3) is 0 Å². The fraction of sp³-hybridized carbons (Fsp3) is 0. The fourth-order valence-electron chi connectivity index (χ4n) is 1.44. The second kappa shape index (κ2) is 6.19. The van der Waals surface area contributed by atoms with E-state index >= 15 is 0 Å². The monoisotopic (exact) mass is 312 g/mol. The van der Waals surface area contributed by atoms with Gasteiger partial charge in [0.05, 0.1) is 15.7 Å². The SMILES string of the molecule is O=C(Nc1ccc(Cl)c(Cl)c1)Nc1ccccc1S. The van der Waals surface area contributed by atoms with Crippen molar-refractivity contribution < 1.29 is 4.79 Å². The number of amides is 2. The maximum absolute atomic E-state index is 11.8. The Morgan fingerprint density at radius 3 is 2.42 bits per heavy atom. The molecule has 0 atom stereocenters. The zero-order valence-electron chi connectivity index (χ0n) is 9.65. The van der Waals surface area contributed by atoms with Crippen molar-refractivity contribution in [2.24, 2.45) is 0 Å². The highest BCUT2D eigenvalue weighted by Crippen LogP contribution is 2.25. The van der Waals surface area contributed by atoms with Gasteiger partial charge in [0.25, 0.3) is 0 Å². The highest BCUT2D eigenvalue weighted by molar-refractivity contribution is 7.80. The van der Waals surface area contributed by atoms with Crippen molar-refractivity contribution in [1.29, 1.82) is 0 Å². The predicted molar refractivity (Wildman–Crippen MR) is 82.8 cm³/mol. The molecule has 0 unspecified atom stereocenters. The first-order chi connectivity index (χ1) is 9.06. The average Bonchev–Trinajstić information content (AvgIpc) is 2.37. The van der Waals surface area contributed by atoms with Gasteiger partial charge in [-0.2, -0.15) is 0 Å². The van der Waals surface area contributed by atoms with Crippen LogP contribution in [-0.4, -0.2) is 6.03 Å². The first-order valence-electron chi connectivity index (χ1n) is 5.37. The Morgan fingerprint density at radius 2 is 1.74 bits per heavy atom. The standard InChI is InChI=1S/C13H10Cl2N2OS/c14-9-6-5-8(7-10(9)15)16-13(18)17-11-3-1-2-4-12(11)19/h1-7,19H,(H2,16,17,18). The lowest BCUT2D eigenvalue weighted by Gasteiger charge is -2.09. The second-order valence-electron chi connectivity index (χ2n) is 3.73. The molecule has 0 aliphatic rings. The highest BCUT2D eigenvalue weighted by Gasteiger charge is 2.06. The van der Waals surface area contributed by atoms with Crippen LogP contribution in [0.5, 0.6) is 0 Å². The number of hydrogen-bond acceptors (Lipinski definition) is 2. The fourth-order valence-corrected chi connectivity index (χ4v) is 1.95. The van der Waals surface area contributed by atoms with Crippen LogP contribution in [0.3, 0.4) is 0 Å². The summed E-state index contributed by atoms with van der Waals surface area (Å²) >= 11 is 15.9. The highest BCUT2D eigenvalue weighted by atomic mass is 35.5. The lowest BCUT2D eigenvalue weighted by Crippen LogP contribution is -2.19. The normalized spacial score (nSPS) is 10.1. The number of carbonyl (C=O) groups is 1. The van der Waals surface area contributed by atoms with E-state index in [0.29, 0.717) is 26.3 Å². The van der Waals surface area contributed by atoms with E-state index in [1.165, 1.54) is 0 Å². The largest absolute Gasteiger partial charge is 0.323 e. The molecule has 2 aromatic rings. The summed E-state index contributed by atoms with van der Waals surface area (Å²) in [5.41, 5.74) is 1.19. The maximum Gasteiger partial charge on any atom is 0.323 e. The smallest absolute Gasteiger partial charge is 0.308 e. The quantitative estimate of drug-likeness (QED) is 0.676. The first-order valence-corrected chi connectivity index (χ1v) is 6.57. The molecule has 0 aliphatic carbocycles. The van der Waals surface area contributed by atoms with Crippen molar-refractivity contribution in [3.8, 4) is 0 Å². The molecule has 0 radical (unpaired) electrons. The van der Waals surface area contributed by atoms with Gasteiger partial charge in [0, 0.05) is 10.6 Å². The lowest BCUT2D eigenvalue weighted by atomic mass is 10.3. The third-order valence-electron chi connectivity index (χ3n) is 2.33. The van der Waals surface area contributed by atoms with Gasteiger partial charge in [0.2, 0.25) is 0 Å². The van der Waals surface area contributed by atoms with E-state index in [4.69, 9.17) is 23.2 Å². The Hall–Kier alpha value is -1.36. The van der Waals surface area contributed by atoms with Crippen LogP contribution in [0.2, 0.25) is 10.0 Å².